The number of thiophene rings is 1. The Hall–Kier alpha value is -2.78. The molecule has 2 aromatic heterocycles. The zero-order valence-electron chi connectivity index (χ0n) is 19.1. The molecule has 1 aliphatic heterocycles. The quantitative estimate of drug-likeness (QED) is 0.159. The van der Waals surface area contributed by atoms with Crippen molar-refractivity contribution in [2.75, 3.05) is 6.26 Å². The number of aromatic nitrogens is 1. The summed E-state index contributed by atoms with van der Waals surface area (Å²) in [5.74, 6) is -0.731. The first-order valence-electron chi connectivity index (χ1n) is 11.1. The van der Waals surface area contributed by atoms with Crippen molar-refractivity contribution >= 4 is 59.2 Å². The van der Waals surface area contributed by atoms with Gasteiger partial charge in [-0.15, -0.1) is 11.8 Å². The van der Waals surface area contributed by atoms with Crippen molar-refractivity contribution in [3.63, 3.8) is 0 Å². The lowest BCUT2D eigenvalue weighted by Gasteiger charge is -2.45. The van der Waals surface area contributed by atoms with Crippen LogP contribution in [0.2, 0.25) is 5.02 Å². The van der Waals surface area contributed by atoms with Crippen LogP contribution in [0.1, 0.15) is 29.2 Å². The highest BCUT2D eigenvalue weighted by atomic mass is 35.5. The number of amides is 1. The zero-order chi connectivity index (χ0) is 25.3. The lowest BCUT2D eigenvalue weighted by molar-refractivity contribution is -0.142. The van der Waals surface area contributed by atoms with Crippen LogP contribution in [0.15, 0.2) is 88.5 Å². The van der Waals surface area contributed by atoms with Crippen LogP contribution >= 0.6 is 47.5 Å². The first kappa shape index (κ1) is 24.9. The third kappa shape index (κ3) is 4.43. The van der Waals surface area contributed by atoms with Gasteiger partial charge in [0.25, 0.3) is 0 Å². The van der Waals surface area contributed by atoms with E-state index in [2.05, 4.69) is 12.8 Å². The van der Waals surface area contributed by atoms with E-state index in [9.17, 15) is 9.59 Å². The highest BCUT2D eigenvalue weighted by Gasteiger charge is 2.53. The van der Waals surface area contributed by atoms with E-state index in [0.29, 0.717) is 27.9 Å². The summed E-state index contributed by atoms with van der Waals surface area (Å²) in [6, 6.07) is 21.8. The number of pyridine rings is 1. The van der Waals surface area contributed by atoms with E-state index in [1.807, 2.05) is 47.3 Å². The number of piperidine rings is 1. The molecule has 2 aromatic carbocycles. The molecule has 0 radical (unpaired) electrons. The van der Waals surface area contributed by atoms with Gasteiger partial charge in [-0.25, -0.2) is 4.98 Å². The number of hydrogen-bond acceptors (Lipinski definition) is 7. The lowest BCUT2D eigenvalue weighted by atomic mass is 9.75. The van der Waals surface area contributed by atoms with Crippen molar-refractivity contribution in [2.24, 2.45) is 0 Å². The van der Waals surface area contributed by atoms with Crippen molar-refractivity contribution in [2.45, 2.75) is 22.8 Å². The second kappa shape index (κ2) is 10.3. The molecule has 0 spiro atoms. The lowest BCUT2D eigenvalue weighted by Crippen LogP contribution is -2.54. The predicted molar refractivity (Wildman–Crippen MR) is 147 cm³/mol. The van der Waals surface area contributed by atoms with Gasteiger partial charge in [-0.1, -0.05) is 48.7 Å². The van der Waals surface area contributed by atoms with E-state index in [1.54, 1.807) is 54.2 Å². The van der Waals surface area contributed by atoms with Gasteiger partial charge in [0, 0.05) is 22.4 Å². The van der Waals surface area contributed by atoms with E-state index < -0.39 is 17.4 Å². The van der Waals surface area contributed by atoms with Gasteiger partial charge >= 0.3 is 0 Å². The molecular weight excluding hydrogens is 532 g/mol. The monoisotopic (exact) mass is 552 g/mol. The maximum atomic E-state index is 13.7. The van der Waals surface area contributed by atoms with Crippen LogP contribution in [0.25, 0.3) is 0 Å². The van der Waals surface area contributed by atoms with Gasteiger partial charge in [-0.2, -0.15) is 11.3 Å². The molecule has 36 heavy (non-hydrogen) atoms. The van der Waals surface area contributed by atoms with Crippen LogP contribution in [-0.4, -0.2) is 27.2 Å². The number of rotatable bonds is 6. The normalized spacial score (nSPS) is 20.0. The molecule has 0 bridgehead atoms. The molecule has 1 aliphatic rings. The average Bonchev–Trinajstić information content (AvgIpc) is 3.44. The molecule has 2 unspecified atom stereocenters. The molecule has 1 saturated heterocycles. The van der Waals surface area contributed by atoms with E-state index >= 15 is 0 Å². The number of thiol groups is 1. The molecule has 1 amide bonds. The van der Waals surface area contributed by atoms with E-state index in [0.717, 1.165) is 10.5 Å². The van der Waals surface area contributed by atoms with Gasteiger partial charge < -0.3 is 4.74 Å². The zero-order valence-corrected chi connectivity index (χ0v) is 22.4. The number of hydrogen-bond donors (Lipinski definition) is 1. The summed E-state index contributed by atoms with van der Waals surface area (Å²) in [6.45, 7) is 0. The van der Waals surface area contributed by atoms with Crippen LogP contribution in [0.3, 0.4) is 0 Å². The van der Waals surface area contributed by atoms with Gasteiger partial charge in [-0.3, -0.25) is 13.9 Å². The van der Waals surface area contributed by atoms with Crippen LogP contribution in [-0.2, 0) is 15.1 Å². The minimum Gasteiger partial charge on any atom is -0.439 e. The topological polar surface area (TPSA) is 59.5 Å². The Morgan fingerprint density at radius 1 is 1.08 bits per heavy atom. The number of carbonyl (C=O) groups is 2. The van der Waals surface area contributed by atoms with E-state index in [1.165, 1.54) is 15.6 Å². The first-order chi connectivity index (χ1) is 17.4. The molecule has 182 valence electrons. The summed E-state index contributed by atoms with van der Waals surface area (Å²) in [6.07, 6.45) is 2.00. The number of halogens is 1. The minimum absolute atomic E-state index is 0.00621. The maximum Gasteiger partial charge on any atom is 0.248 e. The second-order valence-electron chi connectivity index (χ2n) is 8.26. The summed E-state index contributed by atoms with van der Waals surface area (Å²) < 4.78 is 7.36. The van der Waals surface area contributed by atoms with Gasteiger partial charge in [0.1, 0.15) is 17.2 Å². The molecule has 9 heteroatoms. The Balaban J connectivity index is 1.56. The molecule has 5 rings (SSSR count). The number of thioether (sulfide) groups is 1. The van der Waals surface area contributed by atoms with Crippen molar-refractivity contribution in [3.05, 3.63) is 105 Å². The molecule has 0 saturated carbocycles. The third-order valence-corrected chi connectivity index (χ3v) is 8.52. The number of nitrogens with zero attached hydrogens (tertiary/aromatic N) is 2. The van der Waals surface area contributed by atoms with Crippen LogP contribution in [0, 0.1) is 0 Å². The minimum atomic E-state index is -1.20. The standard InChI is InChI=1S/C27H21ClN2O3S3/c1-35-19-11-9-18(10-12-19)33-24-8-4-7-23(29-24)27(17-13-14-36-16-17)15-22(31)25(26(32)30(27)34)20-5-2-3-6-21(20)28/h2-14,16,25,34H,15H2,1H3. The SMILES string of the molecule is CSc1ccc(Oc2cccc(C3(c4ccsc4)CC(=O)C(c4ccccc4Cl)C(=O)N3S)n2)cc1. The fraction of sp³-hybridized carbons (Fsp3) is 0.148. The fourth-order valence-corrected chi connectivity index (χ4v) is 6.21. The fourth-order valence-electron chi connectivity index (χ4n) is 4.43. The van der Waals surface area contributed by atoms with Crippen molar-refractivity contribution < 1.29 is 14.3 Å². The van der Waals surface area contributed by atoms with E-state index in [-0.39, 0.29) is 12.2 Å². The van der Waals surface area contributed by atoms with Crippen molar-refractivity contribution in [1.29, 1.82) is 0 Å². The number of ketones is 1. The molecule has 0 N–H and O–H groups in total. The van der Waals surface area contributed by atoms with Gasteiger partial charge in [0.05, 0.1) is 5.69 Å². The number of benzene rings is 2. The molecule has 3 heterocycles. The molecular formula is C27H21ClN2O3S3. The molecule has 4 aromatic rings. The Bertz CT molecular complexity index is 1410. The second-order valence-corrected chi connectivity index (χ2v) is 10.7. The summed E-state index contributed by atoms with van der Waals surface area (Å²) in [5.41, 5.74) is 0.534. The first-order valence-corrected chi connectivity index (χ1v) is 14.0. The van der Waals surface area contributed by atoms with E-state index in [4.69, 9.17) is 21.3 Å². The molecule has 0 aliphatic carbocycles. The molecule has 1 fully saturated rings. The van der Waals surface area contributed by atoms with Gasteiger partial charge in [0.2, 0.25) is 11.8 Å². The average molecular weight is 553 g/mol. The van der Waals surface area contributed by atoms with Crippen molar-refractivity contribution in [3.8, 4) is 11.6 Å². The summed E-state index contributed by atoms with van der Waals surface area (Å²) in [4.78, 5) is 33.2. The highest BCUT2D eigenvalue weighted by Crippen LogP contribution is 2.48. The molecule has 2 atom stereocenters. The third-order valence-electron chi connectivity index (χ3n) is 6.21. The molecule has 5 nitrogen and oxygen atoms in total. The van der Waals surface area contributed by atoms with Crippen LogP contribution < -0.4 is 4.74 Å². The number of Topliss-reactive ketones (excluding diaryl/α,β-unsaturated/α-hetero) is 1. The summed E-state index contributed by atoms with van der Waals surface area (Å²) in [7, 11) is 0. The van der Waals surface area contributed by atoms with Gasteiger partial charge in [-0.05, 0) is 70.6 Å². The Morgan fingerprint density at radius 2 is 1.86 bits per heavy atom. The Kier molecular flexibility index (Phi) is 7.12. The maximum absolute atomic E-state index is 13.7. The Morgan fingerprint density at radius 3 is 2.56 bits per heavy atom. The smallest absolute Gasteiger partial charge is 0.248 e. The summed E-state index contributed by atoms with van der Waals surface area (Å²) >= 11 is 14.2. The Labute approximate surface area is 228 Å². The highest BCUT2D eigenvalue weighted by molar-refractivity contribution is 7.98. The largest absolute Gasteiger partial charge is 0.439 e. The number of ether oxygens (including phenoxy) is 1. The summed E-state index contributed by atoms with van der Waals surface area (Å²) in [5, 5.41) is 4.19. The van der Waals surface area contributed by atoms with Crippen LogP contribution in [0.5, 0.6) is 11.6 Å². The van der Waals surface area contributed by atoms with Gasteiger partial charge in [0.15, 0.2) is 5.78 Å². The van der Waals surface area contributed by atoms with Crippen LogP contribution in [0.4, 0.5) is 0 Å². The van der Waals surface area contributed by atoms with Crippen molar-refractivity contribution in [1.82, 2.24) is 9.29 Å². The number of carbonyl (C=O) groups excluding carboxylic acids is 2. The predicted octanol–water partition coefficient (Wildman–Crippen LogP) is 6.98.